The van der Waals surface area contributed by atoms with Gasteiger partial charge in [0.25, 0.3) is 13.4 Å². The van der Waals surface area contributed by atoms with Gasteiger partial charge < -0.3 is 28.4 Å². The maximum atomic E-state index is 7.20. The molecule has 6 nitrogen and oxygen atoms in total. The molecule has 0 radical (unpaired) electrons. The van der Waals surface area contributed by atoms with E-state index >= 15 is 0 Å². The second-order valence-corrected chi connectivity index (χ2v) is 19.9. The lowest BCUT2D eigenvalue weighted by atomic mass is 9.31. The highest BCUT2D eigenvalue weighted by Gasteiger charge is 2.46. The molecule has 0 N–H and O–H groups in total. The minimum Gasteiger partial charge on any atom is -0.458 e. The van der Waals surface area contributed by atoms with Crippen molar-refractivity contribution in [1.82, 2.24) is 9.13 Å². The number of benzene rings is 11. The molecule has 17 rings (SSSR count). The number of nitrogens with zero attached hydrogens (tertiary/aromatic N) is 4. The van der Waals surface area contributed by atoms with Gasteiger partial charge in [-0.3, -0.25) is 0 Å². The van der Waals surface area contributed by atoms with Gasteiger partial charge in [0.05, 0.1) is 33.4 Å². The minimum atomic E-state index is -0.115. The smallest absolute Gasteiger partial charge is 0.256 e. The summed E-state index contributed by atoms with van der Waals surface area (Å²) >= 11 is 0. The highest BCUT2D eigenvalue weighted by Crippen LogP contribution is 2.50. The summed E-state index contributed by atoms with van der Waals surface area (Å²) in [6, 6.07) is 88.0. The standard InChI is InChI=1S/C66H40B2N4O2/c1-5-21-41(22-6-1)69(42-23-7-2-8-24-42)55-39-59-63-65-61(55)45-29-13-17-33-51(45)71(65)53-38-54-50(37-49(53)67(63)47-31-15-19-35-57(47)73-59)68-48-32-16-20-36-58(48)74-60-40-56(62-46-30-14-18-34-52(46)72(54)66(62)64(60)68)70(43-25-9-3-10-26-43)44-27-11-4-12-28-44/h1-40H. The van der Waals surface area contributed by atoms with Crippen LogP contribution in [0.1, 0.15) is 0 Å². The van der Waals surface area contributed by atoms with Gasteiger partial charge in [-0.25, -0.2) is 0 Å². The quantitative estimate of drug-likeness (QED) is 0.156. The zero-order chi connectivity index (χ0) is 48.2. The highest BCUT2D eigenvalue weighted by atomic mass is 16.5. The summed E-state index contributed by atoms with van der Waals surface area (Å²) in [5.41, 5.74) is 20.6. The number of hydrogen-bond acceptors (Lipinski definition) is 4. The molecule has 0 bridgehead atoms. The predicted molar refractivity (Wildman–Crippen MR) is 307 cm³/mol. The van der Waals surface area contributed by atoms with Gasteiger partial charge in [-0.05, 0) is 112 Å². The normalized spacial score (nSPS) is 13.0. The molecule has 8 heteroatoms. The molecule has 0 amide bonds. The third kappa shape index (κ3) is 5.30. The molecule has 0 aliphatic carbocycles. The Hall–Kier alpha value is -9.65. The summed E-state index contributed by atoms with van der Waals surface area (Å²) in [5.74, 6) is 3.50. The van der Waals surface area contributed by atoms with E-state index in [-0.39, 0.29) is 13.4 Å². The van der Waals surface area contributed by atoms with Crippen LogP contribution >= 0.6 is 0 Å². The lowest BCUT2D eigenvalue weighted by Gasteiger charge is -2.38. The average molecular weight is 943 g/mol. The Morgan fingerprint density at radius 1 is 0.311 bits per heavy atom. The molecular weight excluding hydrogens is 902 g/mol. The van der Waals surface area contributed by atoms with Crippen LogP contribution < -0.4 is 52.1 Å². The molecular formula is C66H40B2N4O2. The number of anilines is 6. The van der Waals surface area contributed by atoms with E-state index in [0.717, 1.165) is 68.2 Å². The fraction of sp³-hybridized carbons (Fsp3) is 0. The zero-order valence-electron chi connectivity index (χ0n) is 39.9. The molecule has 0 saturated heterocycles. The Balaban J connectivity index is 1.03. The van der Waals surface area contributed by atoms with Crippen molar-refractivity contribution in [3.05, 3.63) is 243 Å². The van der Waals surface area contributed by atoms with Crippen LogP contribution in [-0.2, 0) is 0 Å². The van der Waals surface area contributed by atoms with Crippen LogP contribution in [0.2, 0.25) is 0 Å². The van der Waals surface area contributed by atoms with Gasteiger partial charge >= 0.3 is 0 Å². The molecule has 11 aromatic carbocycles. The van der Waals surface area contributed by atoms with Gasteiger partial charge in [-0.1, -0.05) is 152 Å². The first kappa shape index (κ1) is 40.0. The first-order valence-electron chi connectivity index (χ1n) is 25.5. The van der Waals surface area contributed by atoms with Gasteiger partial charge in [-0.2, -0.15) is 0 Å². The minimum absolute atomic E-state index is 0.115. The second-order valence-electron chi connectivity index (χ2n) is 19.9. The maximum absolute atomic E-state index is 7.20. The van der Waals surface area contributed by atoms with E-state index in [1.165, 1.54) is 76.7 Å². The fourth-order valence-corrected chi connectivity index (χ4v) is 13.3. The fourth-order valence-electron chi connectivity index (χ4n) is 13.3. The molecule has 6 heterocycles. The van der Waals surface area contributed by atoms with E-state index < -0.39 is 0 Å². The van der Waals surface area contributed by atoms with E-state index in [1.54, 1.807) is 0 Å². The van der Waals surface area contributed by atoms with Crippen LogP contribution in [0.15, 0.2) is 243 Å². The van der Waals surface area contributed by atoms with E-state index in [4.69, 9.17) is 9.47 Å². The summed E-state index contributed by atoms with van der Waals surface area (Å²) in [6.07, 6.45) is 0. The van der Waals surface area contributed by atoms with Crippen LogP contribution in [0, 0.1) is 0 Å². The third-order valence-electron chi connectivity index (χ3n) is 16.1. The molecule has 4 aliphatic heterocycles. The molecule has 0 atom stereocenters. The Labute approximate surface area is 427 Å². The zero-order valence-corrected chi connectivity index (χ0v) is 39.9. The molecule has 4 aliphatic rings. The lowest BCUT2D eigenvalue weighted by Crippen LogP contribution is -2.62. The Bertz CT molecular complexity index is 4150. The monoisotopic (exact) mass is 942 g/mol. The molecule has 0 unspecified atom stereocenters. The van der Waals surface area contributed by atoms with Crippen molar-refractivity contribution in [3.63, 3.8) is 0 Å². The number of hydrogen-bond donors (Lipinski definition) is 0. The second kappa shape index (κ2) is 14.9. The van der Waals surface area contributed by atoms with Crippen molar-refractivity contribution in [1.29, 1.82) is 0 Å². The Kier molecular flexibility index (Phi) is 8.08. The summed E-state index contributed by atoms with van der Waals surface area (Å²) in [4.78, 5) is 4.80. The summed E-state index contributed by atoms with van der Waals surface area (Å²) in [6.45, 7) is -0.230. The van der Waals surface area contributed by atoms with E-state index in [1.807, 2.05) is 0 Å². The first-order valence-corrected chi connectivity index (χ1v) is 25.5. The molecule has 13 aromatic rings. The summed E-state index contributed by atoms with van der Waals surface area (Å²) in [7, 11) is 0. The summed E-state index contributed by atoms with van der Waals surface area (Å²) < 4.78 is 19.5. The van der Waals surface area contributed by atoms with Gasteiger partial charge in [-0.15, -0.1) is 0 Å². The number of rotatable bonds is 6. The van der Waals surface area contributed by atoms with Crippen LogP contribution in [0.25, 0.3) is 55.0 Å². The van der Waals surface area contributed by atoms with Gasteiger partial charge in [0, 0.05) is 67.8 Å². The van der Waals surface area contributed by atoms with Gasteiger partial charge in [0.1, 0.15) is 23.0 Å². The maximum Gasteiger partial charge on any atom is 0.256 e. The molecule has 74 heavy (non-hydrogen) atoms. The van der Waals surface area contributed by atoms with Gasteiger partial charge in [0.2, 0.25) is 0 Å². The molecule has 2 aromatic heterocycles. The van der Waals surface area contributed by atoms with Gasteiger partial charge in [0.15, 0.2) is 0 Å². The van der Waals surface area contributed by atoms with E-state index in [9.17, 15) is 0 Å². The van der Waals surface area contributed by atoms with Crippen molar-refractivity contribution < 1.29 is 9.47 Å². The number of para-hydroxylation sites is 8. The van der Waals surface area contributed by atoms with Crippen molar-refractivity contribution in [3.8, 4) is 34.4 Å². The molecule has 0 spiro atoms. The molecule has 0 fully saturated rings. The highest BCUT2D eigenvalue weighted by molar-refractivity contribution is 7.02. The number of fused-ring (bicyclic) bond motifs is 16. The lowest BCUT2D eigenvalue weighted by molar-refractivity contribution is 0.488. The largest absolute Gasteiger partial charge is 0.458 e. The van der Waals surface area contributed by atoms with Crippen molar-refractivity contribution >= 4 is 124 Å². The topological polar surface area (TPSA) is 34.8 Å². The third-order valence-corrected chi connectivity index (χ3v) is 16.1. The summed E-state index contributed by atoms with van der Waals surface area (Å²) in [5, 5.41) is 4.76. The van der Waals surface area contributed by atoms with Crippen molar-refractivity contribution in [2.45, 2.75) is 0 Å². The van der Waals surface area contributed by atoms with E-state index in [2.05, 4.69) is 262 Å². The Morgan fingerprint density at radius 3 is 1.07 bits per heavy atom. The number of aromatic nitrogens is 2. The van der Waals surface area contributed by atoms with Crippen molar-refractivity contribution in [2.75, 3.05) is 9.80 Å². The number of ether oxygens (including phenoxy) is 2. The first-order chi connectivity index (χ1) is 36.8. The van der Waals surface area contributed by atoms with E-state index in [0.29, 0.717) is 0 Å². The SMILES string of the molecule is c1ccc(N(c2ccccc2)c2cc3c4c5c2c2ccccc2n5-c2cc5c(cc2B4c2ccccc2O3)B2c3ccccc3Oc3cc(N(c4ccccc4)c4ccccc4)c4c6ccccc6n-5c4c32)cc1. The van der Waals surface area contributed by atoms with Crippen molar-refractivity contribution in [2.24, 2.45) is 0 Å². The molecule has 342 valence electrons. The van der Waals surface area contributed by atoms with Crippen LogP contribution in [0.4, 0.5) is 34.1 Å². The predicted octanol–water partition coefficient (Wildman–Crippen LogP) is 12.7. The van der Waals surface area contributed by atoms with Crippen LogP contribution in [-0.4, -0.2) is 22.6 Å². The Morgan fingerprint density at radius 2 is 0.662 bits per heavy atom. The average Bonchev–Trinajstić information content (AvgIpc) is 4.16. The van der Waals surface area contributed by atoms with Crippen LogP contribution in [0.5, 0.6) is 23.0 Å². The van der Waals surface area contributed by atoms with Crippen LogP contribution in [0.3, 0.4) is 0 Å². The molecule has 0 saturated carbocycles.